The molecule has 2 aliphatic heterocycles. The van der Waals surface area contributed by atoms with E-state index in [0.29, 0.717) is 5.11 Å². The third kappa shape index (κ3) is 4.86. The molecule has 1 aromatic carbocycles. The lowest BCUT2D eigenvalue weighted by Crippen LogP contribution is -2.33. The molecule has 0 unspecified atom stereocenters. The quantitative estimate of drug-likeness (QED) is 0.255. The summed E-state index contributed by atoms with van der Waals surface area (Å²) in [6.07, 6.45) is 6.13. The summed E-state index contributed by atoms with van der Waals surface area (Å²) >= 11 is 13.0. The predicted octanol–water partition coefficient (Wildman–Crippen LogP) is 7.26. The van der Waals surface area contributed by atoms with Crippen molar-refractivity contribution in [2.24, 2.45) is 5.92 Å². The summed E-state index contributed by atoms with van der Waals surface area (Å²) in [5.74, 6) is 1.67. The van der Waals surface area contributed by atoms with Crippen molar-refractivity contribution in [2.75, 3.05) is 22.9 Å². The average molecular weight is 571 g/mol. The van der Waals surface area contributed by atoms with Crippen molar-refractivity contribution in [2.45, 2.75) is 52.6 Å². The molecular formula is C32H35ClN6S. The Hall–Kier alpha value is -3.42. The molecule has 0 radical (unpaired) electrons. The second-order valence-electron chi connectivity index (χ2n) is 11.2. The topological polar surface area (TPSA) is 49.2 Å². The van der Waals surface area contributed by atoms with Gasteiger partial charge in [-0.3, -0.25) is 4.98 Å². The number of nitrogens with zero attached hydrogens (tertiary/aromatic N) is 5. The lowest BCUT2D eigenvalue weighted by Gasteiger charge is -2.33. The van der Waals surface area contributed by atoms with E-state index in [-0.39, 0.29) is 12.1 Å². The summed E-state index contributed by atoms with van der Waals surface area (Å²) in [5.41, 5.74) is 7.57. The van der Waals surface area contributed by atoms with Crippen molar-refractivity contribution >= 4 is 40.3 Å². The maximum absolute atomic E-state index is 6.97. The molecule has 206 valence electrons. The first-order valence-electron chi connectivity index (χ1n) is 14.0. The molecule has 0 bridgehead atoms. The first-order chi connectivity index (χ1) is 19.3. The number of hydrogen-bond donors (Lipinski definition) is 1. The lowest BCUT2D eigenvalue weighted by atomic mass is 9.96. The lowest BCUT2D eigenvalue weighted by molar-refractivity contribution is 0.438. The zero-order chi connectivity index (χ0) is 28.0. The summed E-state index contributed by atoms with van der Waals surface area (Å²) in [7, 11) is 0. The van der Waals surface area contributed by atoms with Crippen LogP contribution in [0.25, 0.3) is 5.82 Å². The smallest absolute Gasteiger partial charge is 0.174 e. The minimum absolute atomic E-state index is 0.120. The van der Waals surface area contributed by atoms with Crippen LogP contribution < -0.4 is 15.1 Å². The minimum Gasteiger partial charge on any atom is -0.370 e. The van der Waals surface area contributed by atoms with Gasteiger partial charge in [0.15, 0.2) is 5.11 Å². The van der Waals surface area contributed by atoms with E-state index in [0.717, 1.165) is 63.9 Å². The van der Waals surface area contributed by atoms with E-state index in [4.69, 9.17) is 33.8 Å². The molecular weight excluding hydrogens is 536 g/mol. The van der Waals surface area contributed by atoms with E-state index in [9.17, 15) is 0 Å². The fraction of sp³-hybridized carbons (Fsp3) is 0.344. The van der Waals surface area contributed by atoms with Crippen molar-refractivity contribution < 1.29 is 0 Å². The summed E-state index contributed by atoms with van der Waals surface area (Å²) in [4.78, 5) is 14.1. The third-order valence-electron chi connectivity index (χ3n) is 8.35. The van der Waals surface area contributed by atoms with E-state index in [2.05, 4.69) is 89.8 Å². The van der Waals surface area contributed by atoms with Gasteiger partial charge in [0.2, 0.25) is 0 Å². The van der Waals surface area contributed by atoms with Crippen LogP contribution in [0, 0.1) is 26.7 Å². The van der Waals surface area contributed by atoms with Crippen molar-refractivity contribution in [3.63, 3.8) is 0 Å². The number of rotatable bonds is 5. The van der Waals surface area contributed by atoms with Crippen LogP contribution in [0.3, 0.4) is 0 Å². The Bertz CT molecular complexity index is 1530. The van der Waals surface area contributed by atoms with Gasteiger partial charge in [-0.1, -0.05) is 30.7 Å². The Labute approximate surface area is 247 Å². The number of anilines is 2. The van der Waals surface area contributed by atoms with Crippen LogP contribution in [0.15, 0.2) is 67.0 Å². The van der Waals surface area contributed by atoms with E-state index < -0.39 is 0 Å². The van der Waals surface area contributed by atoms with Gasteiger partial charge in [0.1, 0.15) is 5.82 Å². The van der Waals surface area contributed by atoms with E-state index in [1.807, 2.05) is 24.5 Å². The van der Waals surface area contributed by atoms with Gasteiger partial charge in [-0.15, -0.1) is 0 Å². The van der Waals surface area contributed by atoms with Crippen LogP contribution in [0.4, 0.5) is 11.4 Å². The Balaban J connectivity index is 1.43. The van der Waals surface area contributed by atoms with Crippen LogP contribution in [-0.2, 0) is 0 Å². The van der Waals surface area contributed by atoms with Crippen molar-refractivity contribution in [3.05, 3.63) is 100 Å². The predicted molar refractivity (Wildman–Crippen MR) is 168 cm³/mol. The molecule has 2 atom stereocenters. The number of aromatic nitrogens is 3. The highest BCUT2D eigenvalue weighted by Gasteiger charge is 2.42. The summed E-state index contributed by atoms with van der Waals surface area (Å²) in [5, 5.41) is 5.00. The first kappa shape index (κ1) is 26.8. The summed E-state index contributed by atoms with van der Waals surface area (Å²) in [6, 6.07) is 18.6. The van der Waals surface area contributed by atoms with Gasteiger partial charge in [-0.2, -0.15) is 0 Å². The highest BCUT2D eigenvalue weighted by molar-refractivity contribution is 7.80. The number of benzene rings is 1. The minimum atomic E-state index is -0.129. The molecule has 8 heteroatoms. The monoisotopic (exact) mass is 570 g/mol. The van der Waals surface area contributed by atoms with Crippen LogP contribution in [0.5, 0.6) is 0 Å². The second-order valence-corrected chi connectivity index (χ2v) is 12.0. The molecule has 2 saturated heterocycles. The Kier molecular flexibility index (Phi) is 7.27. The van der Waals surface area contributed by atoms with Gasteiger partial charge in [0, 0.05) is 42.6 Å². The van der Waals surface area contributed by atoms with Gasteiger partial charge < -0.3 is 19.7 Å². The Morgan fingerprint density at radius 3 is 2.45 bits per heavy atom. The maximum Gasteiger partial charge on any atom is 0.174 e. The largest absolute Gasteiger partial charge is 0.370 e. The SMILES string of the molecule is Cc1ccc(-n2c(C)cc([C@H]3[C@@H](c4ccccn4)NC(=S)N3c3ccc(N4CCC(C)CC4)c(Cl)c3)c2C)nc1. The van der Waals surface area contributed by atoms with Crippen LogP contribution in [0.2, 0.25) is 5.02 Å². The van der Waals surface area contributed by atoms with Crippen molar-refractivity contribution in [1.82, 2.24) is 19.9 Å². The molecule has 2 fully saturated rings. The number of pyridine rings is 2. The number of piperidine rings is 1. The molecule has 1 N–H and O–H groups in total. The maximum atomic E-state index is 6.97. The van der Waals surface area contributed by atoms with Crippen molar-refractivity contribution in [3.8, 4) is 5.82 Å². The fourth-order valence-corrected chi connectivity index (χ4v) is 6.77. The highest BCUT2D eigenvalue weighted by atomic mass is 35.5. The highest BCUT2D eigenvalue weighted by Crippen LogP contribution is 2.45. The molecule has 6 rings (SSSR count). The Morgan fingerprint density at radius 2 is 1.77 bits per heavy atom. The number of nitrogens with one attached hydrogen (secondary N) is 1. The zero-order valence-electron chi connectivity index (χ0n) is 23.4. The van der Waals surface area contributed by atoms with Gasteiger partial charge in [-0.25, -0.2) is 4.98 Å². The molecule has 0 spiro atoms. The van der Waals surface area contributed by atoms with Crippen LogP contribution in [0.1, 0.15) is 60.1 Å². The van der Waals surface area contributed by atoms with Crippen LogP contribution >= 0.6 is 23.8 Å². The normalized spacial score (nSPS) is 19.8. The van der Waals surface area contributed by atoms with Gasteiger partial charge >= 0.3 is 0 Å². The third-order valence-corrected chi connectivity index (χ3v) is 8.96. The second kappa shape index (κ2) is 10.9. The first-order valence-corrected chi connectivity index (χ1v) is 14.8. The molecule has 3 aromatic heterocycles. The molecule has 6 nitrogen and oxygen atoms in total. The molecule has 40 heavy (non-hydrogen) atoms. The van der Waals surface area contributed by atoms with Gasteiger partial charge in [-0.05, 0) is 105 Å². The Morgan fingerprint density at radius 1 is 0.975 bits per heavy atom. The number of thiocarbonyl (C=S) groups is 1. The fourth-order valence-electron chi connectivity index (χ4n) is 6.13. The molecule has 4 aromatic rings. The number of aryl methyl sites for hydroxylation is 2. The molecule has 0 aliphatic carbocycles. The van der Waals surface area contributed by atoms with E-state index in [1.165, 1.54) is 18.4 Å². The van der Waals surface area contributed by atoms with Gasteiger partial charge in [0.25, 0.3) is 0 Å². The van der Waals surface area contributed by atoms with E-state index >= 15 is 0 Å². The average Bonchev–Trinajstić information content (AvgIpc) is 3.45. The molecule has 5 heterocycles. The summed E-state index contributed by atoms with van der Waals surface area (Å²) in [6.45, 7) is 10.7. The van der Waals surface area contributed by atoms with Crippen molar-refractivity contribution in [1.29, 1.82) is 0 Å². The molecule has 0 amide bonds. The molecule has 2 aliphatic rings. The number of halogens is 1. The number of hydrogen-bond acceptors (Lipinski definition) is 4. The van der Waals surface area contributed by atoms with E-state index in [1.54, 1.807) is 0 Å². The zero-order valence-corrected chi connectivity index (χ0v) is 25.0. The standard InChI is InChI=1S/C32H35ClN6S/c1-20-12-15-37(16-13-20)28-10-9-24(18-26(28)33)39-31(30(36-32(39)40)27-7-5-6-14-34-27)25-17-22(3)38(23(25)4)29-11-8-21(2)19-35-29/h5-11,14,17-20,30-31H,12-13,15-16H2,1-4H3,(H,36,40)/t30-,31+/m1/s1. The summed E-state index contributed by atoms with van der Waals surface area (Å²) < 4.78 is 2.22. The van der Waals surface area contributed by atoms with Gasteiger partial charge in [0.05, 0.1) is 28.5 Å². The van der Waals surface area contributed by atoms with Crippen LogP contribution in [-0.4, -0.2) is 32.7 Å². The molecule has 0 saturated carbocycles.